The molecule has 0 aliphatic heterocycles. The third-order valence-corrected chi connectivity index (χ3v) is 4.42. The molecule has 2 rings (SSSR count). The standard InChI is InChI=1S/C17H27NO2/c1-14(3-4-15-5-7-16(19)8-6-15)18-13-17(9-10-17)11-12-20-2/h5-8,14,18-19H,3-4,9-13H2,1-2H3. The molecule has 0 saturated heterocycles. The lowest BCUT2D eigenvalue weighted by molar-refractivity contribution is 0.170. The van der Waals surface area contributed by atoms with E-state index in [1.54, 1.807) is 19.2 Å². The van der Waals surface area contributed by atoms with E-state index >= 15 is 0 Å². The molecule has 3 heteroatoms. The first-order valence-corrected chi connectivity index (χ1v) is 7.64. The summed E-state index contributed by atoms with van der Waals surface area (Å²) in [6.07, 6.45) is 6.05. The van der Waals surface area contributed by atoms with Crippen LogP contribution in [0.15, 0.2) is 24.3 Å². The van der Waals surface area contributed by atoms with Crippen LogP contribution in [0.3, 0.4) is 0 Å². The SMILES string of the molecule is COCCC1(CNC(C)CCc2ccc(O)cc2)CC1. The quantitative estimate of drug-likeness (QED) is 0.728. The third-order valence-electron chi connectivity index (χ3n) is 4.42. The van der Waals surface area contributed by atoms with Crippen LogP contribution in [0.2, 0.25) is 0 Å². The van der Waals surface area contributed by atoms with Crippen molar-refractivity contribution in [1.29, 1.82) is 0 Å². The maximum atomic E-state index is 9.26. The van der Waals surface area contributed by atoms with Crippen molar-refractivity contribution in [3.05, 3.63) is 29.8 Å². The van der Waals surface area contributed by atoms with Crippen molar-refractivity contribution in [3.8, 4) is 5.75 Å². The van der Waals surface area contributed by atoms with Crippen LogP contribution in [0.5, 0.6) is 5.75 Å². The van der Waals surface area contributed by atoms with Gasteiger partial charge in [0.05, 0.1) is 0 Å². The van der Waals surface area contributed by atoms with Crippen LogP contribution in [-0.4, -0.2) is 31.4 Å². The first-order valence-electron chi connectivity index (χ1n) is 7.64. The Morgan fingerprint density at radius 2 is 2.00 bits per heavy atom. The second-order valence-electron chi connectivity index (χ2n) is 6.23. The van der Waals surface area contributed by atoms with Crippen molar-refractivity contribution in [2.45, 2.75) is 45.1 Å². The molecule has 112 valence electrons. The van der Waals surface area contributed by atoms with E-state index in [0.29, 0.717) is 17.2 Å². The van der Waals surface area contributed by atoms with Crippen molar-refractivity contribution >= 4 is 0 Å². The second kappa shape index (κ2) is 7.09. The summed E-state index contributed by atoms with van der Waals surface area (Å²) in [6, 6.07) is 8.06. The molecule has 1 unspecified atom stereocenters. The number of phenols is 1. The van der Waals surface area contributed by atoms with Gasteiger partial charge >= 0.3 is 0 Å². The predicted molar refractivity (Wildman–Crippen MR) is 82.1 cm³/mol. The number of rotatable bonds is 9. The molecule has 1 atom stereocenters. The summed E-state index contributed by atoms with van der Waals surface area (Å²) < 4.78 is 5.19. The highest BCUT2D eigenvalue weighted by molar-refractivity contribution is 5.25. The summed E-state index contributed by atoms with van der Waals surface area (Å²) in [7, 11) is 1.78. The average Bonchev–Trinajstić information content (AvgIpc) is 3.23. The number of methoxy groups -OCH3 is 1. The van der Waals surface area contributed by atoms with E-state index in [1.165, 1.54) is 24.8 Å². The van der Waals surface area contributed by atoms with Gasteiger partial charge in [-0.05, 0) is 62.1 Å². The van der Waals surface area contributed by atoms with Crippen molar-refractivity contribution in [2.75, 3.05) is 20.3 Å². The molecule has 1 fully saturated rings. The molecule has 2 N–H and O–H groups in total. The lowest BCUT2D eigenvalue weighted by Gasteiger charge is -2.20. The first kappa shape index (κ1) is 15.3. The number of nitrogens with one attached hydrogen (secondary N) is 1. The fourth-order valence-corrected chi connectivity index (χ4v) is 2.55. The minimum absolute atomic E-state index is 0.341. The van der Waals surface area contributed by atoms with Crippen LogP contribution in [-0.2, 0) is 11.2 Å². The minimum atomic E-state index is 0.341. The molecule has 1 aromatic carbocycles. The molecule has 20 heavy (non-hydrogen) atoms. The maximum Gasteiger partial charge on any atom is 0.115 e. The maximum absolute atomic E-state index is 9.26. The van der Waals surface area contributed by atoms with Crippen molar-refractivity contribution in [3.63, 3.8) is 0 Å². The molecule has 0 bridgehead atoms. The Morgan fingerprint density at radius 1 is 1.30 bits per heavy atom. The topological polar surface area (TPSA) is 41.5 Å². The lowest BCUT2D eigenvalue weighted by Crippen LogP contribution is -2.32. The van der Waals surface area contributed by atoms with Gasteiger partial charge in [-0.1, -0.05) is 12.1 Å². The van der Waals surface area contributed by atoms with E-state index in [9.17, 15) is 5.11 Å². The van der Waals surface area contributed by atoms with Crippen molar-refractivity contribution in [2.24, 2.45) is 5.41 Å². The second-order valence-corrected chi connectivity index (χ2v) is 6.23. The Morgan fingerprint density at radius 3 is 2.60 bits per heavy atom. The minimum Gasteiger partial charge on any atom is -0.508 e. The molecular weight excluding hydrogens is 250 g/mol. The molecule has 0 spiro atoms. The summed E-state index contributed by atoms with van der Waals surface area (Å²) in [5.41, 5.74) is 1.81. The number of aryl methyl sites for hydroxylation is 1. The Bertz CT molecular complexity index is 398. The molecule has 1 aliphatic rings. The number of aromatic hydroxyl groups is 1. The summed E-state index contributed by atoms with van der Waals surface area (Å²) in [4.78, 5) is 0. The van der Waals surface area contributed by atoms with E-state index < -0.39 is 0 Å². The van der Waals surface area contributed by atoms with E-state index in [-0.39, 0.29) is 0 Å². The van der Waals surface area contributed by atoms with Gasteiger partial charge in [-0.2, -0.15) is 0 Å². The van der Waals surface area contributed by atoms with E-state index in [2.05, 4.69) is 12.2 Å². The molecule has 0 radical (unpaired) electrons. The summed E-state index contributed by atoms with van der Waals surface area (Å²) in [5, 5.41) is 12.9. The van der Waals surface area contributed by atoms with Gasteiger partial charge in [0.1, 0.15) is 5.75 Å². The van der Waals surface area contributed by atoms with Gasteiger partial charge in [-0.3, -0.25) is 0 Å². The first-order chi connectivity index (χ1) is 9.63. The number of ether oxygens (including phenoxy) is 1. The Kier molecular flexibility index (Phi) is 5.44. The molecule has 1 aromatic rings. The van der Waals surface area contributed by atoms with Gasteiger partial charge in [0.25, 0.3) is 0 Å². The Labute approximate surface area is 122 Å². The molecule has 3 nitrogen and oxygen atoms in total. The van der Waals surface area contributed by atoms with E-state index in [1.807, 2.05) is 12.1 Å². The lowest BCUT2D eigenvalue weighted by atomic mass is 10.0. The number of benzene rings is 1. The zero-order valence-corrected chi connectivity index (χ0v) is 12.7. The van der Waals surface area contributed by atoms with Gasteiger partial charge in [0.15, 0.2) is 0 Å². The van der Waals surface area contributed by atoms with Crippen molar-refractivity contribution < 1.29 is 9.84 Å². The summed E-state index contributed by atoms with van der Waals surface area (Å²) in [5.74, 6) is 0.341. The highest BCUT2D eigenvalue weighted by atomic mass is 16.5. The highest BCUT2D eigenvalue weighted by Gasteiger charge is 2.41. The van der Waals surface area contributed by atoms with Gasteiger partial charge in [0.2, 0.25) is 0 Å². The fourth-order valence-electron chi connectivity index (χ4n) is 2.55. The van der Waals surface area contributed by atoms with Gasteiger partial charge < -0.3 is 15.2 Å². The molecule has 1 saturated carbocycles. The zero-order valence-electron chi connectivity index (χ0n) is 12.7. The van der Waals surface area contributed by atoms with Crippen molar-refractivity contribution in [1.82, 2.24) is 5.32 Å². The largest absolute Gasteiger partial charge is 0.508 e. The molecule has 0 aromatic heterocycles. The van der Waals surface area contributed by atoms with Crippen LogP contribution >= 0.6 is 0 Å². The van der Waals surface area contributed by atoms with Crippen LogP contribution in [0.25, 0.3) is 0 Å². The number of phenolic OH excluding ortho intramolecular Hbond substituents is 1. The Hall–Kier alpha value is -1.06. The smallest absolute Gasteiger partial charge is 0.115 e. The normalized spacial score (nSPS) is 17.9. The number of hydrogen-bond acceptors (Lipinski definition) is 3. The summed E-state index contributed by atoms with van der Waals surface area (Å²) >= 11 is 0. The molecule has 0 amide bonds. The molecule has 1 aliphatic carbocycles. The van der Waals surface area contributed by atoms with Crippen LogP contribution < -0.4 is 5.32 Å². The molecule has 0 heterocycles. The van der Waals surface area contributed by atoms with Crippen LogP contribution in [0.4, 0.5) is 0 Å². The monoisotopic (exact) mass is 277 g/mol. The Balaban J connectivity index is 1.65. The molecular formula is C17H27NO2. The van der Waals surface area contributed by atoms with E-state index in [4.69, 9.17) is 4.74 Å². The average molecular weight is 277 g/mol. The van der Waals surface area contributed by atoms with Crippen LogP contribution in [0, 0.1) is 5.41 Å². The highest BCUT2D eigenvalue weighted by Crippen LogP contribution is 2.48. The van der Waals surface area contributed by atoms with Crippen LogP contribution in [0.1, 0.15) is 38.2 Å². The third kappa shape index (κ3) is 4.80. The fraction of sp³-hybridized carbons (Fsp3) is 0.647. The van der Waals surface area contributed by atoms with E-state index in [0.717, 1.165) is 26.0 Å². The predicted octanol–water partition coefficient (Wildman–Crippen LogP) is 3.12. The van der Waals surface area contributed by atoms with Gasteiger partial charge in [-0.25, -0.2) is 0 Å². The zero-order chi connectivity index (χ0) is 14.4. The number of hydrogen-bond donors (Lipinski definition) is 2. The summed E-state index contributed by atoms with van der Waals surface area (Å²) in [6.45, 7) is 4.25. The van der Waals surface area contributed by atoms with Gasteiger partial charge in [0, 0.05) is 26.3 Å². The van der Waals surface area contributed by atoms with Gasteiger partial charge in [-0.15, -0.1) is 0 Å².